The number of halogens is 1. The largest absolute Gasteiger partial charge is 0.362 e. The van der Waals surface area contributed by atoms with E-state index in [0.717, 1.165) is 24.2 Å². The fourth-order valence-corrected chi connectivity index (χ4v) is 3.15. The van der Waals surface area contributed by atoms with Crippen LogP contribution in [0.25, 0.3) is 0 Å². The van der Waals surface area contributed by atoms with Gasteiger partial charge in [-0.3, -0.25) is 9.59 Å². The predicted octanol–water partition coefficient (Wildman–Crippen LogP) is 2.84. The summed E-state index contributed by atoms with van der Waals surface area (Å²) in [5.74, 6) is -0.467. The number of nitrogens with zero attached hydrogens (tertiary/aromatic N) is 1. The lowest BCUT2D eigenvalue weighted by atomic mass is 9.93. The van der Waals surface area contributed by atoms with Crippen LogP contribution in [-0.4, -0.2) is 28.9 Å². The first-order valence-electron chi connectivity index (χ1n) is 7.78. The van der Waals surface area contributed by atoms with Crippen molar-refractivity contribution in [2.45, 2.75) is 25.7 Å². The third-order valence-electron chi connectivity index (χ3n) is 4.22. The minimum Gasteiger partial charge on any atom is -0.362 e. The number of carbonyl (C=O) groups is 1. The third kappa shape index (κ3) is 3.50. The summed E-state index contributed by atoms with van der Waals surface area (Å²) in [4.78, 5) is 29.2. The first kappa shape index (κ1) is 15.5. The van der Waals surface area contributed by atoms with E-state index in [1.54, 1.807) is 29.2 Å². The van der Waals surface area contributed by atoms with Crippen molar-refractivity contribution in [2.24, 2.45) is 0 Å². The number of carbonyl (C=O) groups excluding carboxylic acids is 1. The van der Waals surface area contributed by atoms with E-state index < -0.39 is 5.82 Å². The van der Waals surface area contributed by atoms with Crippen LogP contribution in [0.15, 0.2) is 41.2 Å². The molecule has 2 aromatic rings. The van der Waals surface area contributed by atoms with Gasteiger partial charge >= 0.3 is 0 Å². The first-order chi connectivity index (χ1) is 11.0. The summed E-state index contributed by atoms with van der Waals surface area (Å²) < 4.78 is 13.3. The third-order valence-corrected chi connectivity index (χ3v) is 4.22. The van der Waals surface area contributed by atoms with Gasteiger partial charge in [-0.25, -0.2) is 4.39 Å². The van der Waals surface area contributed by atoms with Gasteiger partial charge in [-0.2, -0.15) is 0 Å². The van der Waals surface area contributed by atoms with E-state index in [1.165, 1.54) is 12.1 Å². The van der Waals surface area contributed by atoms with E-state index in [-0.39, 0.29) is 17.3 Å². The number of rotatable bonds is 2. The molecular weight excluding hydrogens is 295 g/mol. The molecule has 1 saturated heterocycles. The Hall–Kier alpha value is -2.43. The lowest BCUT2D eigenvalue weighted by Crippen LogP contribution is -2.39. The molecule has 4 nitrogen and oxygen atoms in total. The molecule has 2 heterocycles. The van der Waals surface area contributed by atoms with Crippen LogP contribution in [-0.2, 0) is 0 Å². The molecule has 1 aromatic heterocycles. The fraction of sp³-hybridized carbons (Fsp3) is 0.333. The van der Waals surface area contributed by atoms with Gasteiger partial charge in [0.2, 0.25) is 0 Å². The zero-order chi connectivity index (χ0) is 16.4. The second-order valence-electron chi connectivity index (χ2n) is 6.06. The van der Waals surface area contributed by atoms with Crippen molar-refractivity contribution in [3.8, 4) is 0 Å². The second kappa shape index (κ2) is 6.36. The summed E-state index contributed by atoms with van der Waals surface area (Å²) in [5, 5.41) is 0. The van der Waals surface area contributed by atoms with Crippen molar-refractivity contribution in [1.29, 1.82) is 0 Å². The number of hydrogen-bond acceptors (Lipinski definition) is 2. The summed E-state index contributed by atoms with van der Waals surface area (Å²) in [6.07, 6.45) is 1.79. The molecule has 0 aliphatic carbocycles. The molecule has 1 amide bonds. The lowest BCUT2D eigenvalue weighted by Gasteiger charge is -2.33. The number of hydrogen-bond donors (Lipinski definition) is 1. The number of pyridine rings is 1. The Kier molecular flexibility index (Phi) is 4.28. The van der Waals surface area contributed by atoms with Crippen LogP contribution in [0.3, 0.4) is 0 Å². The monoisotopic (exact) mass is 314 g/mol. The number of aryl methyl sites for hydroxylation is 1. The molecule has 0 unspecified atom stereocenters. The fourth-order valence-electron chi connectivity index (χ4n) is 3.15. The average molecular weight is 314 g/mol. The minimum absolute atomic E-state index is 0.0233. The van der Waals surface area contributed by atoms with Gasteiger partial charge in [-0.15, -0.1) is 0 Å². The highest BCUT2D eigenvalue weighted by molar-refractivity contribution is 5.94. The maximum atomic E-state index is 13.3. The van der Waals surface area contributed by atoms with E-state index in [9.17, 15) is 14.0 Å². The van der Waals surface area contributed by atoms with Crippen LogP contribution < -0.4 is 5.43 Å². The summed E-state index contributed by atoms with van der Waals surface area (Å²) in [6, 6.07) is 8.93. The zero-order valence-electron chi connectivity index (χ0n) is 13.0. The number of piperidine rings is 1. The van der Waals surface area contributed by atoms with Gasteiger partial charge in [0.05, 0.1) is 0 Å². The Morgan fingerprint density at radius 3 is 2.87 bits per heavy atom. The molecule has 1 aliphatic heterocycles. The smallest absolute Gasteiger partial charge is 0.253 e. The van der Waals surface area contributed by atoms with Gasteiger partial charge in [0, 0.05) is 48.1 Å². The topological polar surface area (TPSA) is 53.2 Å². The highest BCUT2D eigenvalue weighted by Crippen LogP contribution is 2.26. The van der Waals surface area contributed by atoms with Gasteiger partial charge in [0.15, 0.2) is 5.43 Å². The lowest BCUT2D eigenvalue weighted by molar-refractivity contribution is 0.0705. The summed E-state index contributed by atoms with van der Waals surface area (Å²) in [6.45, 7) is 3.04. The van der Waals surface area contributed by atoms with E-state index in [2.05, 4.69) is 4.98 Å². The standard InChI is InChI=1S/C18H19FN2O2/c1-12-8-16(22)10-17(20-12)14-5-3-7-21(11-14)18(23)13-4-2-6-15(19)9-13/h2,4,6,8-10,14H,3,5,7,11H2,1H3,(H,20,22)/t14-/m0/s1. The number of amides is 1. The molecule has 23 heavy (non-hydrogen) atoms. The van der Waals surface area contributed by atoms with Gasteiger partial charge in [-0.1, -0.05) is 6.07 Å². The van der Waals surface area contributed by atoms with Gasteiger partial charge < -0.3 is 9.88 Å². The number of aromatic amines is 1. The predicted molar refractivity (Wildman–Crippen MR) is 86.1 cm³/mol. The molecule has 1 atom stereocenters. The number of H-pyrrole nitrogens is 1. The molecule has 0 spiro atoms. The molecule has 5 heteroatoms. The maximum absolute atomic E-state index is 13.3. The van der Waals surface area contributed by atoms with Crippen molar-refractivity contribution in [2.75, 3.05) is 13.1 Å². The molecule has 0 bridgehead atoms. The molecule has 1 N–H and O–H groups in total. The van der Waals surface area contributed by atoms with Crippen molar-refractivity contribution < 1.29 is 9.18 Å². The van der Waals surface area contributed by atoms with Crippen molar-refractivity contribution in [1.82, 2.24) is 9.88 Å². The maximum Gasteiger partial charge on any atom is 0.253 e. The Morgan fingerprint density at radius 2 is 2.13 bits per heavy atom. The summed E-state index contributed by atoms with van der Waals surface area (Å²) in [5.41, 5.74) is 2.03. The SMILES string of the molecule is Cc1cc(=O)cc([C@H]2CCCN(C(=O)c3cccc(F)c3)C2)[nH]1. The van der Waals surface area contributed by atoms with Crippen LogP contribution in [0.5, 0.6) is 0 Å². The Bertz CT molecular complexity index is 785. The molecule has 120 valence electrons. The van der Waals surface area contributed by atoms with Gasteiger partial charge in [-0.05, 0) is 38.0 Å². The van der Waals surface area contributed by atoms with Gasteiger partial charge in [0.1, 0.15) is 5.82 Å². The van der Waals surface area contributed by atoms with Crippen LogP contribution in [0, 0.1) is 12.7 Å². The molecular formula is C18H19FN2O2. The quantitative estimate of drug-likeness (QED) is 0.926. The number of nitrogens with one attached hydrogen (secondary N) is 1. The minimum atomic E-state index is -0.410. The number of likely N-dealkylation sites (tertiary alicyclic amines) is 1. The summed E-state index contributed by atoms with van der Waals surface area (Å²) in [7, 11) is 0. The van der Waals surface area contributed by atoms with Crippen LogP contribution in [0.4, 0.5) is 4.39 Å². The van der Waals surface area contributed by atoms with Crippen LogP contribution in [0.2, 0.25) is 0 Å². The number of benzene rings is 1. The van der Waals surface area contributed by atoms with Crippen LogP contribution >= 0.6 is 0 Å². The highest BCUT2D eigenvalue weighted by Gasteiger charge is 2.26. The highest BCUT2D eigenvalue weighted by atomic mass is 19.1. The first-order valence-corrected chi connectivity index (χ1v) is 7.78. The van der Waals surface area contributed by atoms with Gasteiger partial charge in [0.25, 0.3) is 5.91 Å². The van der Waals surface area contributed by atoms with E-state index in [1.807, 2.05) is 6.92 Å². The number of aromatic nitrogens is 1. The zero-order valence-corrected chi connectivity index (χ0v) is 13.0. The Labute approximate surface area is 134 Å². The average Bonchev–Trinajstić information content (AvgIpc) is 2.53. The Balaban J connectivity index is 1.80. The molecule has 1 aliphatic rings. The van der Waals surface area contributed by atoms with Crippen molar-refractivity contribution in [3.63, 3.8) is 0 Å². The van der Waals surface area contributed by atoms with Crippen molar-refractivity contribution in [3.05, 3.63) is 69.4 Å². The van der Waals surface area contributed by atoms with E-state index in [0.29, 0.717) is 18.7 Å². The molecule has 1 fully saturated rings. The summed E-state index contributed by atoms with van der Waals surface area (Å²) >= 11 is 0. The van der Waals surface area contributed by atoms with Crippen molar-refractivity contribution >= 4 is 5.91 Å². The van der Waals surface area contributed by atoms with E-state index >= 15 is 0 Å². The molecule has 3 rings (SSSR count). The normalized spacial score (nSPS) is 18.0. The molecule has 1 aromatic carbocycles. The molecule has 0 saturated carbocycles. The van der Waals surface area contributed by atoms with E-state index in [4.69, 9.17) is 0 Å². The molecule has 0 radical (unpaired) electrons. The Morgan fingerprint density at radius 1 is 1.30 bits per heavy atom. The second-order valence-corrected chi connectivity index (χ2v) is 6.06. The van der Waals surface area contributed by atoms with Crippen LogP contribution in [0.1, 0.15) is 40.5 Å².